The fourth-order valence-corrected chi connectivity index (χ4v) is 4.56. The lowest BCUT2D eigenvalue weighted by molar-refractivity contribution is -0.138. The first-order valence-corrected chi connectivity index (χ1v) is 10.3. The molecule has 1 aliphatic heterocycles. The minimum Gasteiger partial charge on any atom is -0.356 e. The smallest absolute Gasteiger partial charge is 0.356 e. The van der Waals surface area contributed by atoms with Gasteiger partial charge < -0.3 is 9.88 Å². The summed E-state index contributed by atoms with van der Waals surface area (Å²) in [7, 11) is 0. The summed E-state index contributed by atoms with van der Waals surface area (Å²) in [6.07, 6.45) is -3.65. The van der Waals surface area contributed by atoms with E-state index in [1.807, 2.05) is 24.3 Å². The Bertz CT molecular complexity index is 1160. The number of nitrogens with one attached hydrogen (secondary N) is 1. The second-order valence-electron chi connectivity index (χ2n) is 7.10. The van der Waals surface area contributed by atoms with Gasteiger partial charge in [0.1, 0.15) is 11.7 Å². The van der Waals surface area contributed by atoms with Crippen molar-refractivity contribution in [1.29, 1.82) is 0 Å². The van der Waals surface area contributed by atoms with E-state index in [2.05, 4.69) is 8.19 Å². The van der Waals surface area contributed by atoms with Gasteiger partial charge in [-0.25, -0.2) is 9.18 Å². The van der Waals surface area contributed by atoms with Gasteiger partial charge in [-0.15, -0.1) is 0 Å². The molecule has 0 unspecified atom stereocenters. The Morgan fingerprint density at radius 2 is 1.80 bits per heavy atom. The molecule has 0 bridgehead atoms. The van der Waals surface area contributed by atoms with Crippen LogP contribution in [0, 0.1) is 5.82 Å². The molecule has 1 aromatic heterocycles. The first-order chi connectivity index (χ1) is 14.3. The van der Waals surface area contributed by atoms with Gasteiger partial charge in [0.05, 0.1) is 45.0 Å². The highest BCUT2D eigenvalue weighted by Gasteiger charge is 2.38. The number of para-hydroxylation sites is 2. The monoisotopic (exact) mass is 532 g/mol. The van der Waals surface area contributed by atoms with Crippen LogP contribution in [-0.2, 0) is 6.18 Å². The predicted molar refractivity (Wildman–Crippen MR) is 114 cm³/mol. The quantitative estimate of drug-likeness (QED) is 0.221. The first-order valence-electron chi connectivity index (χ1n) is 9.30. The maximum atomic E-state index is 14.4. The molecular formula is C20H17F4IN4O. The third kappa shape index (κ3) is 3.72. The zero-order valence-electron chi connectivity index (χ0n) is 15.6. The van der Waals surface area contributed by atoms with E-state index in [-0.39, 0.29) is 17.6 Å². The lowest BCUT2D eigenvalue weighted by atomic mass is 10.0. The lowest BCUT2D eigenvalue weighted by Crippen LogP contribution is -2.41. The molecule has 1 N–H and O–H groups in total. The molecule has 2 heterocycles. The fourth-order valence-electron chi connectivity index (χ4n) is 4.01. The highest BCUT2D eigenvalue weighted by atomic mass is 127. The van der Waals surface area contributed by atoms with E-state index in [4.69, 9.17) is 0 Å². The van der Waals surface area contributed by atoms with Gasteiger partial charge in [-0.05, 0) is 37.1 Å². The van der Waals surface area contributed by atoms with E-state index in [9.17, 15) is 22.4 Å². The Morgan fingerprint density at radius 3 is 2.47 bits per heavy atom. The summed E-state index contributed by atoms with van der Waals surface area (Å²) in [6, 6.07) is 10.2. The third-order valence-electron chi connectivity index (χ3n) is 5.38. The summed E-state index contributed by atoms with van der Waals surface area (Å²) in [5, 5.41) is 0. The largest absolute Gasteiger partial charge is 0.417 e. The molecule has 0 amide bonds. The van der Waals surface area contributed by atoms with Crippen molar-refractivity contribution >= 4 is 39.7 Å². The molecule has 1 fully saturated rings. The van der Waals surface area contributed by atoms with Gasteiger partial charge in [-0.2, -0.15) is 16.4 Å². The molecule has 0 spiro atoms. The number of aromatic amines is 1. The average Bonchev–Trinajstić information content (AvgIpc) is 3.05. The van der Waals surface area contributed by atoms with Crippen molar-refractivity contribution in [3.8, 4) is 0 Å². The van der Waals surface area contributed by atoms with E-state index in [0.29, 0.717) is 25.9 Å². The molecule has 1 saturated heterocycles. The van der Waals surface area contributed by atoms with E-state index < -0.39 is 23.1 Å². The zero-order valence-corrected chi connectivity index (χ0v) is 17.7. The van der Waals surface area contributed by atoms with Crippen molar-refractivity contribution in [2.24, 2.45) is 3.21 Å². The Morgan fingerprint density at radius 1 is 1.10 bits per heavy atom. The molecule has 1 aliphatic rings. The lowest BCUT2D eigenvalue weighted by Gasteiger charge is -2.35. The second kappa shape index (κ2) is 8.05. The number of alkyl halides is 3. The van der Waals surface area contributed by atoms with Crippen molar-refractivity contribution in [3.63, 3.8) is 0 Å². The number of hydrogen-bond donors (Lipinski definition) is 1. The number of nitrogens with zero attached hydrogens (tertiary/aromatic N) is 3. The van der Waals surface area contributed by atoms with E-state index in [1.54, 1.807) is 32.3 Å². The van der Waals surface area contributed by atoms with Crippen LogP contribution < -0.4 is 5.69 Å². The number of fused-ring (bicyclic) bond motifs is 1. The van der Waals surface area contributed by atoms with Gasteiger partial charge >= 0.3 is 11.9 Å². The van der Waals surface area contributed by atoms with E-state index >= 15 is 0 Å². The van der Waals surface area contributed by atoms with Crippen LogP contribution in [0.3, 0.4) is 0 Å². The Balaban J connectivity index is 1.61. The van der Waals surface area contributed by atoms with Gasteiger partial charge in [-0.1, -0.05) is 18.2 Å². The van der Waals surface area contributed by atoms with Gasteiger partial charge in [0.25, 0.3) is 0 Å². The highest BCUT2D eigenvalue weighted by Crippen LogP contribution is 2.35. The molecule has 5 nitrogen and oxygen atoms in total. The van der Waals surface area contributed by atoms with E-state index in [0.717, 1.165) is 29.2 Å². The van der Waals surface area contributed by atoms with Crippen molar-refractivity contribution in [2.45, 2.75) is 25.1 Å². The van der Waals surface area contributed by atoms with Gasteiger partial charge in [-0.3, -0.25) is 4.57 Å². The average molecular weight is 532 g/mol. The Labute approximate surface area is 182 Å². The molecule has 0 saturated carbocycles. The van der Waals surface area contributed by atoms with Crippen molar-refractivity contribution in [2.75, 3.05) is 13.1 Å². The standard InChI is InChI=1S/C20H17F4IN4O/c21-14-5-3-4-13(20(22,23)24)17(14)18(27-25)28-10-8-12(9-11-28)29-16-7-2-1-6-15(16)26-19(29)30/h1-7,12H,8-11H2,(H,26,30). The second-order valence-corrected chi connectivity index (χ2v) is 7.59. The number of benzene rings is 2. The van der Waals surface area contributed by atoms with Gasteiger partial charge in [0, 0.05) is 19.1 Å². The Kier molecular flexibility index (Phi) is 5.60. The summed E-state index contributed by atoms with van der Waals surface area (Å²) < 4.78 is 60.4. The van der Waals surface area contributed by atoms with Gasteiger partial charge in [0.15, 0.2) is 0 Å². The summed E-state index contributed by atoms with van der Waals surface area (Å²) in [6.45, 7) is 0.703. The molecule has 158 valence electrons. The number of hydrogen-bond acceptors (Lipinski definition) is 2. The Hall–Kier alpha value is -2.37. The number of piperidine rings is 1. The molecule has 0 radical (unpaired) electrons. The molecule has 30 heavy (non-hydrogen) atoms. The van der Waals surface area contributed by atoms with Crippen LogP contribution in [0.2, 0.25) is 0 Å². The molecular weight excluding hydrogens is 515 g/mol. The fraction of sp³-hybridized carbons (Fsp3) is 0.300. The molecule has 0 aliphatic carbocycles. The maximum absolute atomic E-state index is 14.4. The normalized spacial score (nSPS) is 16.4. The van der Waals surface area contributed by atoms with Crippen LogP contribution in [0.1, 0.15) is 30.0 Å². The maximum Gasteiger partial charge on any atom is 0.417 e. The number of likely N-dealkylation sites (tertiary alicyclic amines) is 1. The van der Waals surface area contributed by atoms with Crippen LogP contribution in [0.4, 0.5) is 17.6 Å². The van der Waals surface area contributed by atoms with Crippen LogP contribution >= 0.6 is 22.9 Å². The topological polar surface area (TPSA) is 53.4 Å². The molecule has 0 atom stereocenters. The van der Waals surface area contributed by atoms with Crippen LogP contribution in [0.25, 0.3) is 11.0 Å². The summed E-state index contributed by atoms with van der Waals surface area (Å²) >= 11 is 1.60. The first kappa shape index (κ1) is 20.9. The van der Waals surface area contributed by atoms with Crippen molar-refractivity contribution in [3.05, 3.63) is 69.9 Å². The summed E-state index contributed by atoms with van der Waals surface area (Å²) in [5.41, 5.74) is -0.279. The highest BCUT2D eigenvalue weighted by molar-refractivity contribution is 14.1. The molecule has 10 heteroatoms. The zero-order chi connectivity index (χ0) is 21.5. The van der Waals surface area contributed by atoms with Crippen LogP contribution in [0.5, 0.6) is 0 Å². The molecule has 2 aromatic carbocycles. The number of imidazole rings is 1. The number of H-pyrrole nitrogens is 1. The number of rotatable bonds is 2. The number of amidine groups is 1. The minimum atomic E-state index is -4.69. The predicted octanol–water partition coefficient (Wildman–Crippen LogP) is 4.92. The number of halogens is 5. The van der Waals surface area contributed by atoms with Gasteiger partial charge in [0.2, 0.25) is 0 Å². The van der Waals surface area contributed by atoms with E-state index in [1.165, 1.54) is 0 Å². The third-order valence-corrected chi connectivity index (χ3v) is 5.83. The summed E-state index contributed by atoms with van der Waals surface area (Å²) in [5.74, 6) is -0.999. The minimum absolute atomic E-state index is 0.0363. The van der Waals surface area contributed by atoms with Crippen LogP contribution in [0.15, 0.2) is 50.5 Å². The SMILES string of the molecule is O=c1[nH]c2ccccc2n1C1CCN(C(=NI)c2c(F)cccc2C(F)(F)F)CC1. The molecule has 4 rings (SSSR count). The number of aromatic nitrogens is 2. The van der Waals surface area contributed by atoms with Crippen LogP contribution in [-0.4, -0.2) is 33.4 Å². The summed E-state index contributed by atoms with van der Waals surface area (Å²) in [4.78, 5) is 16.9. The molecule has 3 aromatic rings. The van der Waals surface area contributed by atoms with Crippen molar-refractivity contribution in [1.82, 2.24) is 14.5 Å². The van der Waals surface area contributed by atoms with Crippen molar-refractivity contribution < 1.29 is 17.6 Å².